The summed E-state index contributed by atoms with van der Waals surface area (Å²) in [5, 5.41) is 2.86. The number of hydrogen-bond acceptors (Lipinski definition) is 6. The number of ether oxygens (including phenoxy) is 3. The molecule has 0 heterocycles. The molecule has 3 rings (SSSR count). The number of amides is 1. The minimum atomic E-state index is -3.94. The molecule has 1 aliphatic carbocycles. The van der Waals surface area contributed by atoms with E-state index < -0.39 is 10.0 Å². The van der Waals surface area contributed by atoms with E-state index in [2.05, 4.69) is 10.0 Å². The van der Waals surface area contributed by atoms with Gasteiger partial charge in [0.25, 0.3) is 15.9 Å². The Bertz CT molecular complexity index is 985. The summed E-state index contributed by atoms with van der Waals surface area (Å²) in [5.41, 5.74) is 0.263. The van der Waals surface area contributed by atoms with Crippen LogP contribution in [0.2, 0.25) is 0 Å². The second-order valence-electron chi connectivity index (χ2n) is 6.51. The molecule has 0 aliphatic heterocycles. The number of rotatable bonds is 9. The molecule has 29 heavy (non-hydrogen) atoms. The predicted octanol–water partition coefficient (Wildman–Crippen LogP) is 2.80. The smallest absolute Gasteiger partial charge is 0.261 e. The third kappa shape index (κ3) is 4.92. The standard InChI is InChI=1S/C20H24N2O6S/c1-4-28-14-7-9-15(10-8-14)29(24,25)22-17-12-19(27-3)18(26-2)11-16(17)20(23)21-13-5-6-13/h7-13,22H,4-6H2,1-3H3,(H,21,23). The fourth-order valence-electron chi connectivity index (χ4n) is 2.73. The number of anilines is 1. The Balaban J connectivity index is 1.95. The summed E-state index contributed by atoms with van der Waals surface area (Å²) in [4.78, 5) is 12.7. The molecule has 1 saturated carbocycles. The lowest BCUT2D eigenvalue weighted by Crippen LogP contribution is -2.27. The van der Waals surface area contributed by atoms with Crippen LogP contribution in [0.4, 0.5) is 5.69 Å². The minimum absolute atomic E-state index is 0.0456. The highest BCUT2D eigenvalue weighted by atomic mass is 32.2. The van der Waals surface area contributed by atoms with Gasteiger partial charge in [0.15, 0.2) is 11.5 Å². The van der Waals surface area contributed by atoms with Crippen molar-refractivity contribution in [2.24, 2.45) is 0 Å². The molecule has 156 valence electrons. The van der Waals surface area contributed by atoms with Crippen molar-refractivity contribution in [3.05, 3.63) is 42.0 Å². The molecule has 0 aromatic heterocycles. The SMILES string of the molecule is CCOc1ccc(S(=O)(=O)Nc2cc(OC)c(OC)cc2C(=O)NC2CC2)cc1. The Hall–Kier alpha value is -2.94. The number of sulfonamides is 1. The van der Waals surface area contributed by atoms with Gasteiger partial charge in [-0.3, -0.25) is 9.52 Å². The molecular weight excluding hydrogens is 396 g/mol. The third-order valence-corrected chi connectivity index (χ3v) is 5.75. The van der Waals surface area contributed by atoms with Gasteiger partial charge in [0.05, 0.1) is 37.0 Å². The lowest BCUT2D eigenvalue weighted by Gasteiger charge is -2.16. The summed E-state index contributed by atoms with van der Waals surface area (Å²) < 4.78 is 44.1. The lowest BCUT2D eigenvalue weighted by molar-refractivity contribution is 0.0951. The van der Waals surface area contributed by atoms with Crippen molar-refractivity contribution < 1.29 is 27.4 Å². The molecule has 2 aromatic rings. The van der Waals surface area contributed by atoms with E-state index in [0.717, 1.165) is 12.8 Å². The van der Waals surface area contributed by atoms with Gasteiger partial charge in [0.2, 0.25) is 0 Å². The molecule has 0 spiro atoms. The van der Waals surface area contributed by atoms with Gasteiger partial charge >= 0.3 is 0 Å². The topological polar surface area (TPSA) is 103 Å². The molecule has 0 saturated heterocycles. The number of nitrogens with one attached hydrogen (secondary N) is 2. The van der Waals surface area contributed by atoms with Crippen LogP contribution in [0.5, 0.6) is 17.2 Å². The van der Waals surface area contributed by atoms with Crippen LogP contribution in [0.25, 0.3) is 0 Å². The van der Waals surface area contributed by atoms with E-state index in [-0.39, 0.29) is 28.1 Å². The van der Waals surface area contributed by atoms with Gasteiger partial charge in [-0.05, 0) is 50.1 Å². The first-order valence-corrected chi connectivity index (χ1v) is 10.7. The molecule has 2 N–H and O–H groups in total. The highest BCUT2D eigenvalue weighted by molar-refractivity contribution is 7.92. The van der Waals surface area contributed by atoms with Crippen LogP contribution < -0.4 is 24.2 Å². The normalized spacial score (nSPS) is 13.5. The van der Waals surface area contributed by atoms with E-state index in [4.69, 9.17) is 14.2 Å². The maximum Gasteiger partial charge on any atom is 0.261 e. The lowest BCUT2D eigenvalue weighted by atomic mass is 10.1. The van der Waals surface area contributed by atoms with Gasteiger partial charge < -0.3 is 19.5 Å². The van der Waals surface area contributed by atoms with Crippen molar-refractivity contribution in [1.82, 2.24) is 5.32 Å². The Kier molecular flexibility index (Phi) is 6.17. The Morgan fingerprint density at radius 1 is 1.07 bits per heavy atom. The van der Waals surface area contributed by atoms with Crippen LogP contribution in [0, 0.1) is 0 Å². The van der Waals surface area contributed by atoms with Gasteiger partial charge in [-0.15, -0.1) is 0 Å². The summed E-state index contributed by atoms with van der Waals surface area (Å²) >= 11 is 0. The van der Waals surface area contributed by atoms with Gasteiger partial charge in [-0.2, -0.15) is 0 Å². The van der Waals surface area contributed by atoms with Crippen LogP contribution in [-0.2, 0) is 10.0 Å². The summed E-state index contributed by atoms with van der Waals surface area (Å²) in [6.45, 7) is 2.33. The van der Waals surface area contributed by atoms with Crippen molar-refractivity contribution >= 4 is 21.6 Å². The first-order chi connectivity index (χ1) is 13.9. The molecule has 0 unspecified atom stereocenters. The van der Waals surface area contributed by atoms with Gasteiger partial charge in [-0.1, -0.05) is 0 Å². The molecule has 0 radical (unpaired) electrons. The molecule has 2 aromatic carbocycles. The van der Waals surface area contributed by atoms with Crippen LogP contribution in [0.1, 0.15) is 30.1 Å². The average Bonchev–Trinajstić information content (AvgIpc) is 3.52. The Morgan fingerprint density at radius 2 is 1.69 bits per heavy atom. The third-order valence-electron chi connectivity index (χ3n) is 4.37. The number of hydrogen-bond donors (Lipinski definition) is 2. The molecule has 1 aliphatic rings. The average molecular weight is 420 g/mol. The maximum atomic E-state index is 12.9. The summed E-state index contributed by atoms with van der Waals surface area (Å²) in [7, 11) is -1.05. The van der Waals surface area contributed by atoms with Gasteiger partial charge in [0.1, 0.15) is 5.75 Å². The Labute approximate surface area is 170 Å². The summed E-state index contributed by atoms with van der Waals surface area (Å²) in [5.74, 6) is 0.831. The predicted molar refractivity (Wildman–Crippen MR) is 108 cm³/mol. The fraction of sp³-hybridized carbons (Fsp3) is 0.350. The van der Waals surface area contributed by atoms with E-state index in [1.807, 2.05) is 6.92 Å². The first kappa shape index (κ1) is 20.8. The second kappa shape index (κ2) is 8.60. The van der Waals surface area contributed by atoms with Gasteiger partial charge in [0, 0.05) is 12.1 Å². The Morgan fingerprint density at radius 3 is 2.24 bits per heavy atom. The molecular formula is C20H24N2O6S. The molecule has 0 bridgehead atoms. The quantitative estimate of drug-likeness (QED) is 0.647. The van der Waals surface area contributed by atoms with E-state index in [9.17, 15) is 13.2 Å². The summed E-state index contributed by atoms with van der Waals surface area (Å²) in [6.07, 6.45) is 1.82. The first-order valence-electron chi connectivity index (χ1n) is 9.20. The van der Waals surface area contributed by atoms with Gasteiger partial charge in [-0.25, -0.2) is 8.42 Å². The number of methoxy groups -OCH3 is 2. The van der Waals surface area contributed by atoms with Crippen LogP contribution in [-0.4, -0.2) is 41.2 Å². The number of carbonyl (C=O) groups is 1. The zero-order valence-corrected chi connectivity index (χ0v) is 17.3. The van der Waals surface area contributed by atoms with Crippen LogP contribution >= 0.6 is 0 Å². The van der Waals surface area contributed by atoms with Crippen molar-refractivity contribution in [3.63, 3.8) is 0 Å². The molecule has 1 fully saturated rings. The summed E-state index contributed by atoms with van der Waals surface area (Å²) in [6, 6.07) is 9.06. The minimum Gasteiger partial charge on any atom is -0.494 e. The van der Waals surface area contributed by atoms with Crippen molar-refractivity contribution in [1.29, 1.82) is 0 Å². The maximum absolute atomic E-state index is 12.9. The van der Waals surface area contributed by atoms with Crippen molar-refractivity contribution in [2.45, 2.75) is 30.7 Å². The molecule has 9 heteroatoms. The van der Waals surface area contributed by atoms with E-state index in [1.165, 1.54) is 38.5 Å². The molecule has 0 atom stereocenters. The van der Waals surface area contributed by atoms with E-state index >= 15 is 0 Å². The zero-order chi connectivity index (χ0) is 21.0. The van der Waals surface area contributed by atoms with Crippen LogP contribution in [0.15, 0.2) is 41.3 Å². The highest BCUT2D eigenvalue weighted by Gasteiger charge is 2.27. The van der Waals surface area contributed by atoms with Crippen molar-refractivity contribution in [2.75, 3.05) is 25.5 Å². The molecule has 8 nitrogen and oxygen atoms in total. The van der Waals surface area contributed by atoms with Crippen LogP contribution in [0.3, 0.4) is 0 Å². The van der Waals surface area contributed by atoms with Crippen molar-refractivity contribution in [3.8, 4) is 17.2 Å². The number of carbonyl (C=O) groups excluding carboxylic acids is 1. The van der Waals surface area contributed by atoms with E-state index in [0.29, 0.717) is 23.9 Å². The number of benzene rings is 2. The largest absolute Gasteiger partial charge is 0.494 e. The molecule has 1 amide bonds. The second-order valence-corrected chi connectivity index (χ2v) is 8.19. The zero-order valence-electron chi connectivity index (χ0n) is 16.5. The monoisotopic (exact) mass is 420 g/mol. The fourth-order valence-corrected chi connectivity index (χ4v) is 3.80. The van der Waals surface area contributed by atoms with E-state index in [1.54, 1.807) is 12.1 Å². The highest BCUT2D eigenvalue weighted by Crippen LogP contribution is 2.35.